The summed E-state index contributed by atoms with van der Waals surface area (Å²) in [6.45, 7) is 7.67. The van der Waals surface area contributed by atoms with E-state index < -0.39 is 0 Å². The topological polar surface area (TPSA) is 38.0 Å². The summed E-state index contributed by atoms with van der Waals surface area (Å²) in [5.41, 5.74) is 5.63. The monoisotopic (exact) mass is 184 g/mol. The average molecular weight is 184 g/mol. The van der Waals surface area contributed by atoms with Gasteiger partial charge in [0.15, 0.2) is 0 Å². The van der Waals surface area contributed by atoms with Gasteiger partial charge in [-0.1, -0.05) is 20.3 Å². The van der Waals surface area contributed by atoms with Crippen molar-refractivity contribution in [3.63, 3.8) is 0 Å². The molecule has 1 aliphatic carbocycles. The van der Waals surface area contributed by atoms with Crippen LogP contribution in [0.3, 0.4) is 0 Å². The lowest BCUT2D eigenvalue weighted by atomic mass is 10.0. The first-order valence-electron chi connectivity index (χ1n) is 5.68. The zero-order valence-electron chi connectivity index (χ0n) is 9.05. The molecule has 2 unspecified atom stereocenters. The minimum Gasteiger partial charge on any atom is -0.330 e. The molecule has 78 valence electrons. The highest BCUT2D eigenvalue weighted by Crippen LogP contribution is 2.35. The van der Waals surface area contributed by atoms with Crippen LogP contribution < -0.4 is 11.1 Å². The summed E-state index contributed by atoms with van der Waals surface area (Å²) in [6.07, 6.45) is 4.11. The highest BCUT2D eigenvalue weighted by atomic mass is 14.9. The Morgan fingerprint density at radius 1 is 1.38 bits per heavy atom. The lowest BCUT2D eigenvalue weighted by Gasteiger charge is -2.16. The first-order chi connectivity index (χ1) is 6.27. The normalized spacial score (nSPS) is 21.5. The van der Waals surface area contributed by atoms with Gasteiger partial charge in [0.1, 0.15) is 0 Å². The molecule has 1 fully saturated rings. The minimum absolute atomic E-state index is 0.673. The maximum Gasteiger partial charge on any atom is -0.000845 e. The van der Waals surface area contributed by atoms with E-state index in [0.717, 1.165) is 24.9 Å². The fourth-order valence-corrected chi connectivity index (χ4v) is 1.74. The fourth-order valence-electron chi connectivity index (χ4n) is 1.74. The van der Waals surface area contributed by atoms with Crippen LogP contribution in [-0.4, -0.2) is 19.6 Å². The molecule has 0 radical (unpaired) electrons. The van der Waals surface area contributed by atoms with Gasteiger partial charge in [0, 0.05) is 0 Å². The Labute approximate surface area is 82.3 Å². The Hall–Kier alpha value is -0.0800. The van der Waals surface area contributed by atoms with E-state index in [1.165, 1.54) is 25.8 Å². The first-order valence-corrected chi connectivity index (χ1v) is 5.68. The van der Waals surface area contributed by atoms with Gasteiger partial charge >= 0.3 is 0 Å². The van der Waals surface area contributed by atoms with Crippen molar-refractivity contribution in [3.05, 3.63) is 0 Å². The van der Waals surface area contributed by atoms with Gasteiger partial charge in [-0.05, 0) is 50.2 Å². The quantitative estimate of drug-likeness (QED) is 0.631. The van der Waals surface area contributed by atoms with E-state index in [4.69, 9.17) is 5.73 Å². The van der Waals surface area contributed by atoms with Crippen LogP contribution in [0, 0.1) is 17.8 Å². The zero-order valence-corrected chi connectivity index (χ0v) is 9.05. The van der Waals surface area contributed by atoms with Crippen LogP contribution in [0.25, 0.3) is 0 Å². The third-order valence-electron chi connectivity index (χ3n) is 3.24. The van der Waals surface area contributed by atoms with Gasteiger partial charge in [-0.25, -0.2) is 0 Å². The summed E-state index contributed by atoms with van der Waals surface area (Å²) in [4.78, 5) is 0. The molecular weight excluding hydrogens is 160 g/mol. The van der Waals surface area contributed by atoms with Crippen molar-refractivity contribution in [2.24, 2.45) is 23.5 Å². The Morgan fingerprint density at radius 2 is 2.08 bits per heavy atom. The van der Waals surface area contributed by atoms with Crippen LogP contribution in [0.15, 0.2) is 0 Å². The van der Waals surface area contributed by atoms with Crippen molar-refractivity contribution in [1.82, 2.24) is 5.32 Å². The summed E-state index contributed by atoms with van der Waals surface area (Å²) in [7, 11) is 0. The predicted octanol–water partition coefficient (Wildman–Crippen LogP) is 1.61. The highest BCUT2D eigenvalue weighted by molar-refractivity contribution is 4.80. The highest BCUT2D eigenvalue weighted by Gasteiger charge is 2.27. The lowest BCUT2D eigenvalue weighted by Crippen LogP contribution is -2.31. The molecule has 2 heteroatoms. The maximum atomic E-state index is 5.63. The van der Waals surface area contributed by atoms with Crippen molar-refractivity contribution in [1.29, 1.82) is 0 Å². The number of hydrogen-bond donors (Lipinski definition) is 2. The van der Waals surface area contributed by atoms with Gasteiger partial charge in [0.25, 0.3) is 0 Å². The lowest BCUT2D eigenvalue weighted by molar-refractivity contribution is 0.413. The summed E-state index contributed by atoms with van der Waals surface area (Å²) in [5, 5.41) is 3.53. The zero-order chi connectivity index (χ0) is 9.68. The molecule has 0 aliphatic heterocycles. The summed E-state index contributed by atoms with van der Waals surface area (Å²) in [5.74, 6) is 2.56. The molecule has 2 atom stereocenters. The molecule has 1 rings (SSSR count). The molecule has 0 bridgehead atoms. The van der Waals surface area contributed by atoms with Crippen LogP contribution in [0.1, 0.15) is 33.1 Å². The smallest absolute Gasteiger partial charge is 0.000845 e. The van der Waals surface area contributed by atoms with Crippen LogP contribution in [0.5, 0.6) is 0 Å². The first kappa shape index (κ1) is 11.0. The molecule has 0 amide bonds. The molecule has 0 aromatic carbocycles. The summed E-state index contributed by atoms with van der Waals surface area (Å²) >= 11 is 0. The third-order valence-corrected chi connectivity index (χ3v) is 3.24. The second kappa shape index (κ2) is 5.61. The van der Waals surface area contributed by atoms with Gasteiger partial charge in [-0.3, -0.25) is 0 Å². The number of nitrogens with one attached hydrogen (secondary N) is 1. The van der Waals surface area contributed by atoms with Gasteiger partial charge < -0.3 is 11.1 Å². The molecule has 0 saturated heterocycles. The molecule has 1 aliphatic rings. The van der Waals surface area contributed by atoms with Crippen molar-refractivity contribution < 1.29 is 0 Å². The van der Waals surface area contributed by atoms with E-state index in [0.29, 0.717) is 5.92 Å². The van der Waals surface area contributed by atoms with E-state index in [-0.39, 0.29) is 0 Å². The number of nitrogens with two attached hydrogens (primary N) is 1. The number of rotatable bonds is 7. The average Bonchev–Trinajstić information content (AvgIpc) is 2.95. The van der Waals surface area contributed by atoms with Gasteiger partial charge in [-0.2, -0.15) is 0 Å². The molecular formula is C11H24N2. The van der Waals surface area contributed by atoms with Crippen LogP contribution in [-0.2, 0) is 0 Å². The Balaban J connectivity index is 1.98. The molecule has 1 saturated carbocycles. The Kier molecular flexibility index (Phi) is 4.74. The van der Waals surface area contributed by atoms with Gasteiger partial charge in [-0.15, -0.1) is 0 Å². The second-order valence-corrected chi connectivity index (χ2v) is 4.48. The molecule has 0 aromatic rings. The van der Waals surface area contributed by atoms with E-state index in [1.807, 2.05) is 0 Å². The van der Waals surface area contributed by atoms with Gasteiger partial charge in [0.2, 0.25) is 0 Å². The van der Waals surface area contributed by atoms with Crippen LogP contribution >= 0.6 is 0 Å². The molecule has 0 heterocycles. The van der Waals surface area contributed by atoms with E-state index in [1.54, 1.807) is 0 Å². The van der Waals surface area contributed by atoms with E-state index in [2.05, 4.69) is 19.2 Å². The fraction of sp³-hybridized carbons (Fsp3) is 1.00. The van der Waals surface area contributed by atoms with Crippen molar-refractivity contribution in [2.75, 3.05) is 19.6 Å². The second-order valence-electron chi connectivity index (χ2n) is 4.48. The predicted molar refractivity (Wildman–Crippen MR) is 57.6 cm³/mol. The molecule has 0 spiro atoms. The maximum absolute atomic E-state index is 5.63. The van der Waals surface area contributed by atoms with Gasteiger partial charge in [0.05, 0.1) is 0 Å². The molecule has 2 nitrogen and oxygen atoms in total. The van der Waals surface area contributed by atoms with Crippen LogP contribution in [0.4, 0.5) is 0 Å². The Bertz CT molecular complexity index is 126. The minimum atomic E-state index is 0.673. The standard InChI is InChI=1S/C11H24N2/c1-3-10(6-12)8-13-7-9(2)11-4-5-11/h9-11,13H,3-8,12H2,1-2H3. The Morgan fingerprint density at radius 3 is 2.54 bits per heavy atom. The molecule has 3 N–H and O–H groups in total. The van der Waals surface area contributed by atoms with Crippen molar-refractivity contribution in [3.8, 4) is 0 Å². The third kappa shape index (κ3) is 4.10. The van der Waals surface area contributed by atoms with E-state index >= 15 is 0 Å². The van der Waals surface area contributed by atoms with Crippen LogP contribution in [0.2, 0.25) is 0 Å². The largest absolute Gasteiger partial charge is 0.330 e. The molecule has 13 heavy (non-hydrogen) atoms. The summed E-state index contributed by atoms with van der Waals surface area (Å²) < 4.78 is 0. The van der Waals surface area contributed by atoms with Crippen molar-refractivity contribution >= 4 is 0 Å². The van der Waals surface area contributed by atoms with E-state index in [9.17, 15) is 0 Å². The SMILES string of the molecule is CCC(CN)CNCC(C)C1CC1. The summed E-state index contributed by atoms with van der Waals surface area (Å²) in [6, 6.07) is 0. The number of hydrogen-bond acceptors (Lipinski definition) is 2. The molecule has 0 aromatic heterocycles. The van der Waals surface area contributed by atoms with Crippen molar-refractivity contribution in [2.45, 2.75) is 33.1 Å².